The molecule has 1 aromatic carbocycles. The number of hydrogen-bond acceptors (Lipinski definition) is 4. The number of aryl methyl sites for hydroxylation is 2. The quantitative estimate of drug-likeness (QED) is 0.478. The molecule has 0 fully saturated rings. The first-order chi connectivity index (χ1) is 10.8. The van der Waals surface area contributed by atoms with Crippen LogP contribution >= 0.6 is 47.1 Å². The Morgan fingerprint density at radius 2 is 1.13 bits per heavy atom. The molecule has 23 heavy (non-hydrogen) atoms. The topological polar surface area (TPSA) is 9.86 Å². The highest BCUT2D eigenvalue weighted by molar-refractivity contribution is 7.73. The molecule has 0 saturated heterocycles. The van der Waals surface area contributed by atoms with Crippen LogP contribution in [0.15, 0.2) is 18.2 Å². The number of rotatable bonds is 2. The molecule has 0 amide bonds. The lowest BCUT2D eigenvalue weighted by Crippen LogP contribution is -2.05. The Morgan fingerprint density at radius 3 is 1.43 bits per heavy atom. The lowest BCUT2D eigenvalue weighted by atomic mass is 10.1. The molecule has 0 radical (unpaired) electrons. The van der Waals surface area contributed by atoms with E-state index in [9.17, 15) is 0 Å². The first-order valence-electron chi connectivity index (χ1n) is 7.31. The summed E-state index contributed by atoms with van der Waals surface area (Å²) in [5, 5.41) is 0. The highest BCUT2D eigenvalue weighted by atomic mass is 32.2. The number of benzene rings is 1. The van der Waals surface area contributed by atoms with E-state index in [1.807, 2.05) is 0 Å². The van der Waals surface area contributed by atoms with Crippen molar-refractivity contribution in [1.82, 2.24) is 9.13 Å². The standard InChI is InChI=1S/C17H18N2S4/c1-9-14(18-10(2)12(4)22-16(18)20)7-6-8-15(9)19-11(3)13(5)23-17(19)21/h6-8H,1-5H3. The minimum absolute atomic E-state index is 0.891. The molecule has 3 aromatic rings. The Hall–Kier alpha value is -1.08. The Morgan fingerprint density at radius 1 is 0.739 bits per heavy atom. The number of hydrogen-bond donors (Lipinski definition) is 0. The lowest BCUT2D eigenvalue weighted by Gasteiger charge is -2.15. The Bertz CT molecular complexity index is 936. The van der Waals surface area contributed by atoms with Crippen molar-refractivity contribution in [2.24, 2.45) is 0 Å². The molecule has 0 saturated carbocycles. The average Bonchev–Trinajstić information content (AvgIpc) is 2.88. The van der Waals surface area contributed by atoms with E-state index in [0.717, 1.165) is 19.3 Å². The zero-order valence-corrected chi connectivity index (χ0v) is 17.0. The summed E-state index contributed by atoms with van der Waals surface area (Å²) in [7, 11) is 0. The highest BCUT2D eigenvalue weighted by Gasteiger charge is 2.15. The molecule has 0 N–H and O–H groups in total. The fourth-order valence-electron chi connectivity index (χ4n) is 2.74. The maximum Gasteiger partial charge on any atom is 0.166 e. The maximum atomic E-state index is 5.57. The summed E-state index contributed by atoms with van der Waals surface area (Å²) < 4.78 is 6.13. The second kappa shape index (κ2) is 6.09. The second-order valence-electron chi connectivity index (χ2n) is 5.61. The third-order valence-electron chi connectivity index (χ3n) is 4.29. The van der Waals surface area contributed by atoms with Crippen molar-refractivity contribution in [3.8, 4) is 11.4 Å². The smallest absolute Gasteiger partial charge is 0.166 e. The molecule has 3 rings (SSSR count). The first kappa shape index (κ1) is 16.8. The van der Waals surface area contributed by atoms with E-state index >= 15 is 0 Å². The van der Waals surface area contributed by atoms with Crippen molar-refractivity contribution in [2.75, 3.05) is 0 Å². The fraction of sp³-hybridized carbons (Fsp3) is 0.294. The van der Waals surface area contributed by atoms with Gasteiger partial charge in [0.1, 0.15) is 0 Å². The Kier molecular flexibility index (Phi) is 4.44. The van der Waals surface area contributed by atoms with Gasteiger partial charge >= 0.3 is 0 Å². The van der Waals surface area contributed by atoms with Gasteiger partial charge in [-0.15, -0.1) is 22.7 Å². The highest BCUT2D eigenvalue weighted by Crippen LogP contribution is 2.30. The molecule has 0 spiro atoms. The van der Waals surface area contributed by atoms with E-state index in [1.54, 1.807) is 22.7 Å². The van der Waals surface area contributed by atoms with Crippen molar-refractivity contribution in [3.05, 3.63) is 52.8 Å². The predicted octanol–water partition coefficient (Wildman–Crippen LogP) is 6.39. The molecule has 0 unspecified atom stereocenters. The minimum atomic E-state index is 0.891. The van der Waals surface area contributed by atoms with Crippen LogP contribution in [0.25, 0.3) is 11.4 Å². The summed E-state index contributed by atoms with van der Waals surface area (Å²) in [4.78, 5) is 2.53. The third-order valence-corrected chi connectivity index (χ3v) is 7.08. The number of nitrogens with zero attached hydrogens (tertiary/aromatic N) is 2. The van der Waals surface area contributed by atoms with Gasteiger partial charge in [-0.1, -0.05) is 6.07 Å². The van der Waals surface area contributed by atoms with Crippen LogP contribution in [0, 0.1) is 42.5 Å². The molecule has 0 atom stereocenters. The van der Waals surface area contributed by atoms with Gasteiger partial charge in [-0.2, -0.15) is 0 Å². The molecule has 0 bridgehead atoms. The molecule has 0 aliphatic rings. The van der Waals surface area contributed by atoms with E-state index in [0.29, 0.717) is 0 Å². The number of thiazole rings is 2. The molecule has 6 heteroatoms. The fourth-order valence-corrected chi connectivity index (χ4v) is 5.62. The summed E-state index contributed by atoms with van der Waals surface area (Å²) in [6, 6.07) is 6.35. The molecule has 120 valence electrons. The van der Waals surface area contributed by atoms with Gasteiger partial charge in [0.25, 0.3) is 0 Å². The van der Waals surface area contributed by atoms with Crippen LogP contribution in [0.1, 0.15) is 26.7 Å². The van der Waals surface area contributed by atoms with E-state index in [1.165, 1.54) is 26.7 Å². The third kappa shape index (κ3) is 2.67. The molecule has 0 aliphatic carbocycles. The first-order valence-corrected chi connectivity index (χ1v) is 9.76. The molecular formula is C17H18N2S4. The zero-order valence-electron chi connectivity index (χ0n) is 13.8. The van der Waals surface area contributed by atoms with Crippen molar-refractivity contribution in [1.29, 1.82) is 0 Å². The normalized spacial score (nSPS) is 11.2. The lowest BCUT2D eigenvalue weighted by molar-refractivity contribution is 0.946. The van der Waals surface area contributed by atoms with Gasteiger partial charge in [0.05, 0.1) is 11.4 Å². The van der Waals surface area contributed by atoms with Crippen LogP contribution in [-0.2, 0) is 0 Å². The Labute approximate surface area is 154 Å². The van der Waals surface area contributed by atoms with Crippen LogP contribution in [-0.4, -0.2) is 9.13 Å². The zero-order chi connectivity index (χ0) is 16.9. The van der Waals surface area contributed by atoms with E-state index in [4.69, 9.17) is 24.4 Å². The van der Waals surface area contributed by atoms with Crippen LogP contribution in [0.3, 0.4) is 0 Å². The van der Waals surface area contributed by atoms with Crippen LogP contribution in [0.5, 0.6) is 0 Å². The van der Waals surface area contributed by atoms with Gasteiger partial charge in [-0.3, -0.25) is 9.13 Å². The SMILES string of the molecule is Cc1sc(=S)n(-c2cccc(-n3c(C)c(C)sc3=S)c2C)c1C. The summed E-state index contributed by atoms with van der Waals surface area (Å²) >= 11 is 14.5. The molecule has 2 heterocycles. The van der Waals surface area contributed by atoms with Crippen molar-refractivity contribution >= 4 is 47.1 Å². The van der Waals surface area contributed by atoms with Gasteiger partial charge in [0.15, 0.2) is 7.91 Å². The Balaban J connectivity index is 2.32. The second-order valence-corrected chi connectivity index (χ2v) is 9.31. The maximum absolute atomic E-state index is 5.57. The molecule has 2 nitrogen and oxygen atoms in total. The molecule has 2 aromatic heterocycles. The van der Waals surface area contributed by atoms with Crippen LogP contribution in [0.4, 0.5) is 0 Å². The van der Waals surface area contributed by atoms with Gasteiger partial charge in [0.2, 0.25) is 0 Å². The number of aromatic nitrogens is 2. The monoisotopic (exact) mass is 378 g/mol. The molecule has 0 aliphatic heterocycles. The van der Waals surface area contributed by atoms with Gasteiger partial charge in [-0.05, 0) is 76.8 Å². The minimum Gasteiger partial charge on any atom is -0.296 e. The van der Waals surface area contributed by atoms with E-state index < -0.39 is 0 Å². The van der Waals surface area contributed by atoms with Gasteiger partial charge < -0.3 is 0 Å². The van der Waals surface area contributed by atoms with Crippen molar-refractivity contribution < 1.29 is 0 Å². The van der Waals surface area contributed by atoms with Gasteiger partial charge in [-0.25, -0.2) is 0 Å². The summed E-state index contributed by atoms with van der Waals surface area (Å²) in [6.07, 6.45) is 0. The summed E-state index contributed by atoms with van der Waals surface area (Å²) in [6.45, 7) is 10.6. The summed E-state index contributed by atoms with van der Waals surface area (Å²) in [5.74, 6) is 0. The summed E-state index contributed by atoms with van der Waals surface area (Å²) in [5.41, 5.74) is 5.89. The van der Waals surface area contributed by atoms with E-state index in [-0.39, 0.29) is 0 Å². The predicted molar refractivity (Wildman–Crippen MR) is 106 cm³/mol. The van der Waals surface area contributed by atoms with Gasteiger partial charge in [0, 0.05) is 21.1 Å². The van der Waals surface area contributed by atoms with E-state index in [2.05, 4.69) is 62.0 Å². The van der Waals surface area contributed by atoms with Crippen molar-refractivity contribution in [3.63, 3.8) is 0 Å². The van der Waals surface area contributed by atoms with Crippen molar-refractivity contribution in [2.45, 2.75) is 34.6 Å². The largest absolute Gasteiger partial charge is 0.296 e. The van der Waals surface area contributed by atoms with Crippen LogP contribution in [0.2, 0.25) is 0 Å². The molecular weight excluding hydrogens is 360 g/mol. The average molecular weight is 379 g/mol. The van der Waals surface area contributed by atoms with Crippen LogP contribution < -0.4 is 0 Å².